The van der Waals surface area contributed by atoms with Crippen LogP contribution in [0, 0.1) is 0 Å². The van der Waals surface area contributed by atoms with Gasteiger partial charge >= 0.3 is 0 Å². The number of anilines is 1. The Kier molecular flexibility index (Phi) is 7.45. The summed E-state index contributed by atoms with van der Waals surface area (Å²) in [5.74, 6) is 0.0763. The average molecular weight is 421 g/mol. The van der Waals surface area contributed by atoms with E-state index in [1.165, 1.54) is 19.2 Å². The van der Waals surface area contributed by atoms with Crippen LogP contribution >= 0.6 is 12.4 Å². The highest BCUT2D eigenvalue weighted by molar-refractivity contribution is 7.91. The number of hydrogen-bond donors (Lipinski definition) is 2. The zero-order chi connectivity index (χ0) is 18.7. The Morgan fingerprint density at radius 2 is 1.65 bits per heavy atom. The minimum Gasteiger partial charge on any atom is -0.495 e. The number of ether oxygens (including phenoxy) is 1. The summed E-state index contributed by atoms with van der Waals surface area (Å²) in [7, 11) is -6.14. The van der Waals surface area contributed by atoms with Gasteiger partial charge in [-0.2, -0.15) is 0 Å². The van der Waals surface area contributed by atoms with Gasteiger partial charge in [-0.05, 0) is 42.3 Å². The van der Waals surface area contributed by atoms with Crippen LogP contribution in [0.1, 0.15) is 5.56 Å². The second-order valence-corrected chi connectivity index (χ2v) is 9.23. The molecule has 26 heavy (non-hydrogen) atoms. The molecule has 0 aromatic heterocycles. The molecule has 0 saturated carbocycles. The Bertz CT molecular complexity index is 959. The van der Waals surface area contributed by atoms with Gasteiger partial charge in [0.25, 0.3) is 0 Å². The normalized spacial score (nSPS) is 11.6. The quantitative estimate of drug-likeness (QED) is 0.657. The lowest BCUT2D eigenvalue weighted by molar-refractivity contribution is 0.401. The fraction of sp³-hybridized carbons (Fsp3) is 0.250. The smallest absolute Gasteiger partial charge is 0.244 e. The predicted molar refractivity (Wildman–Crippen MR) is 103 cm³/mol. The molecule has 10 heteroatoms. The molecule has 2 rings (SSSR count). The Balaban J connectivity index is 0.00000338. The Morgan fingerprint density at radius 3 is 2.19 bits per heavy atom. The summed E-state index contributed by atoms with van der Waals surface area (Å²) in [6.07, 6.45) is 1.48. The molecule has 2 aromatic carbocycles. The highest BCUT2D eigenvalue weighted by Crippen LogP contribution is 2.26. The molecule has 0 aliphatic rings. The maximum Gasteiger partial charge on any atom is 0.244 e. The van der Waals surface area contributed by atoms with Crippen molar-refractivity contribution >= 4 is 38.0 Å². The molecular weight excluding hydrogens is 400 g/mol. The van der Waals surface area contributed by atoms with Crippen molar-refractivity contribution in [1.82, 2.24) is 4.72 Å². The monoisotopic (exact) mass is 420 g/mol. The molecule has 0 aliphatic heterocycles. The molecule has 7 nitrogen and oxygen atoms in total. The summed E-state index contributed by atoms with van der Waals surface area (Å²) in [6, 6.07) is 10.8. The molecule has 0 bridgehead atoms. The van der Waals surface area contributed by atoms with E-state index in [1.807, 2.05) is 12.1 Å². The van der Waals surface area contributed by atoms with E-state index in [4.69, 9.17) is 10.5 Å². The van der Waals surface area contributed by atoms with Crippen LogP contribution in [0.4, 0.5) is 5.69 Å². The summed E-state index contributed by atoms with van der Waals surface area (Å²) in [5.41, 5.74) is 7.16. The molecule has 0 fully saturated rings. The zero-order valence-corrected chi connectivity index (χ0v) is 16.7. The molecule has 0 radical (unpaired) electrons. The minimum atomic E-state index is -3.93. The molecular formula is C16H21ClN2O5S2. The second kappa shape index (κ2) is 8.72. The molecule has 0 unspecified atom stereocenters. The topological polar surface area (TPSA) is 116 Å². The Morgan fingerprint density at radius 1 is 1.04 bits per heavy atom. The fourth-order valence-corrected chi connectivity index (χ4v) is 4.14. The van der Waals surface area contributed by atoms with Gasteiger partial charge in [-0.25, -0.2) is 21.6 Å². The SMILES string of the molecule is COc1ccc(S(C)(=O)=O)cc1S(=O)(=O)NCCc1ccc(N)cc1.Cl. The van der Waals surface area contributed by atoms with E-state index in [1.54, 1.807) is 12.1 Å². The maximum absolute atomic E-state index is 12.5. The molecule has 2 aromatic rings. The third-order valence-electron chi connectivity index (χ3n) is 3.54. The van der Waals surface area contributed by atoms with Gasteiger partial charge in [-0.3, -0.25) is 0 Å². The van der Waals surface area contributed by atoms with E-state index in [0.717, 1.165) is 17.9 Å². The molecule has 0 heterocycles. The van der Waals surface area contributed by atoms with Crippen LogP contribution in [0.3, 0.4) is 0 Å². The summed E-state index contributed by atoms with van der Waals surface area (Å²) in [6.45, 7) is 0.151. The summed E-state index contributed by atoms with van der Waals surface area (Å²) in [4.78, 5) is -0.303. The number of methoxy groups -OCH3 is 1. The number of sulfone groups is 1. The third-order valence-corrected chi connectivity index (χ3v) is 6.13. The first-order valence-electron chi connectivity index (χ1n) is 7.35. The summed E-state index contributed by atoms with van der Waals surface area (Å²) in [5, 5.41) is 0. The van der Waals surface area contributed by atoms with E-state index in [-0.39, 0.29) is 34.5 Å². The summed E-state index contributed by atoms with van der Waals surface area (Å²) < 4.78 is 55.9. The van der Waals surface area contributed by atoms with Gasteiger partial charge in [0, 0.05) is 18.5 Å². The van der Waals surface area contributed by atoms with E-state index in [0.29, 0.717) is 12.1 Å². The maximum atomic E-state index is 12.5. The van der Waals surface area contributed by atoms with Crippen molar-refractivity contribution in [2.24, 2.45) is 0 Å². The minimum absolute atomic E-state index is 0. The Labute approximate surface area is 159 Å². The number of hydrogen-bond acceptors (Lipinski definition) is 6. The highest BCUT2D eigenvalue weighted by atomic mass is 35.5. The van der Waals surface area contributed by atoms with Gasteiger partial charge in [0.1, 0.15) is 10.6 Å². The van der Waals surface area contributed by atoms with Crippen molar-refractivity contribution in [3.63, 3.8) is 0 Å². The fourth-order valence-electron chi connectivity index (χ4n) is 2.19. The number of halogens is 1. The second-order valence-electron chi connectivity index (χ2n) is 5.47. The third kappa shape index (κ3) is 5.60. The molecule has 0 amide bonds. The lowest BCUT2D eigenvalue weighted by Gasteiger charge is -2.12. The van der Waals surface area contributed by atoms with Gasteiger partial charge in [0.2, 0.25) is 10.0 Å². The van der Waals surface area contributed by atoms with E-state index < -0.39 is 19.9 Å². The van der Waals surface area contributed by atoms with Gasteiger partial charge in [0.05, 0.1) is 12.0 Å². The van der Waals surface area contributed by atoms with E-state index in [9.17, 15) is 16.8 Å². The standard InChI is InChI=1S/C16H20N2O5S2.ClH/c1-23-15-8-7-14(24(2,19)20)11-16(15)25(21,22)18-10-9-12-3-5-13(17)6-4-12;/h3-8,11,18H,9-10,17H2,1-2H3;1H. The van der Waals surface area contributed by atoms with Crippen LogP contribution in [-0.4, -0.2) is 36.7 Å². The molecule has 0 saturated heterocycles. The van der Waals surface area contributed by atoms with Crippen molar-refractivity contribution < 1.29 is 21.6 Å². The summed E-state index contributed by atoms with van der Waals surface area (Å²) >= 11 is 0. The number of nitrogens with one attached hydrogen (secondary N) is 1. The van der Waals surface area contributed by atoms with Crippen LogP contribution in [0.25, 0.3) is 0 Å². The van der Waals surface area contributed by atoms with Crippen LogP contribution in [0.5, 0.6) is 5.75 Å². The van der Waals surface area contributed by atoms with Crippen LogP contribution in [0.2, 0.25) is 0 Å². The largest absolute Gasteiger partial charge is 0.495 e. The number of benzene rings is 2. The molecule has 0 atom stereocenters. The van der Waals surface area contributed by atoms with Crippen LogP contribution < -0.4 is 15.2 Å². The lowest BCUT2D eigenvalue weighted by Crippen LogP contribution is -2.26. The number of rotatable bonds is 7. The van der Waals surface area contributed by atoms with Crippen molar-refractivity contribution in [3.05, 3.63) is 48.0 Å². The average Bonchev–Trinajstić information content (AvgIpc) is 2.55. The number of sulfonamides is 1. The first kappa shape index (κ1) is 22.2. The lowest BCUT2D eigenvalue weighted by atomic mass is 10.1. The van der Waals surface area contributed by atoms with Gasteiger partial charge in [0.15, 0.2) is 9.84 Å². The van der Waals surface area contributed by atoms with Gasteiger partial charge in [-0.15, -0.1) is 12.4 Å². The van der Waals surface area contributed by atoms with Crippen molar-refractivity contribution in [1.29, 1.82) is 0 Å². The van der Waals surface area contributed by atoms with Crippen molar-refractivity contribution in [2.45, 2.75) is 16.2 Å². The zero-order valence-electron chi connectivity index (χ0n) is 14.3. The van der Waals surface area contributed by atoms with Crippen molar-refractivity contribution in [3.8, 4) is 5.75 Å². The molecule has 144 valence electrons. The highest BCUT2D eigenvalue weighted by Gasteiger charge is 2.22. The Hall–Kier alpha value is -1.81. The van der Waals surface area contributed by atoms with E-state index in [2.05, 4.69) is 4.72 Å². The van der Waals surface area contributed by atoms with E-state index >= 15 is 0 Å². The molecule has 3 N–H and O–H groups in total. The van der Waals surface area contributed by atoms with Crippen LogP contribution in [0.15, 0.2) is 52.3 Å². The molecule has 0 spiro atoms. The van der Waals surface area contributed by atoms with Gasteiger partial charge in [-0.1, -0.05) is 12.1 Å². The predicted octanol–water partition coefficient (Wildman–Crippen LogP) is 1.62. The first-order valence-corrected chi connectivity index (χ1v) is 10.7. The first-order chi connectivity index (χ1) is 11.6. The van der Waals surface area contributed by atoms with Crippen molar-refractivity contribution in [2.75, 3.05) is 25.6 Å². The van der Waals surface area contributed by atoms with Crippen LogP contribution in [-0.2, 0) is 26.3 Å². The van der Waals surface area contributed by atoms with Gasteiger partial charge < -0.3 is 10.5 Å². The number of nitrogen functional groups attached to an aromatic ring is 1. The molecule has 0 aliphatic carbocycles. The number of nitrogens with two attached hydrogens (primary N) is 1.